The number of nitrogens with one attached hydrogen (secondary N) is 1. The molecule has 1 aliphatic heterocycles. The second kappa shape index (κ2) is 9.39. The Balaban J connectivity index is 2.64. The van der Waals surface area contributed by atoms with Crippen molar-refractivity contribution in [2.24, 2.45) is 0 Å². The molecule has 27 heavy (non-hydrogen) atoms. The van der Waals surface area contributed by atoms with Crippen LogP contribution in [0.4, 0.5) is 4.79 Å². The third-order valence-electron chi connectivity index (χ3n) is 4.68. The normalized spacial score (nSPS) is 20.9. The zero-order valence-electron chi connectivity index (χ0n) is 17.5. The van der Waals surface area contributed by atoms with E-state index in [1.807, 2.05) is 6.92 Å². The molecule has 1 saturated heterocycles. The minimum atomic E-state index is -0.712. The van der Waals surface area contributed by atoms with Crippen LogP contribution in [0.2, 0.25) is 0 Å². The Morgan fingerprint density at radius 3 is 2.48 bits per heavy atom. The molecule has 2 unspecified atom stereocenters. The molecule has 0 aromatic carbocycles. The monoisotopic (exact) mass is 385 g/mol. The predicted molar refractivity (Wildman–Crippen MR) is 102 cm³/mol. The summed E-state index contributed by atoms with van der Waals surface area (Å²) in [6, 6.07) is -0.420. The number of amides is 3. The molecule has 0 aromatic rings. The summed E-state index contributed by atoms with van der Waals surface area (Å²) in [5.74, 6) is -1.34. The summed E-state index contributed by atoms with van der Waals surface area (Å²) in [5, 5.41) is 12.5. The van der Waals surface area contributed by atoms with Crippen LogP contribution < -0.4 is 5.32 Å². The quantitative estimate of drug-likeness (QED) is 0.675. The number of aliphatic hydroxyl groups excluding tert-OH is 1. The highest BCUT2D eigenvalue weighted by Crippen LogP contribution is 2.33. The van der Waals surface area contributed by atoms with Gasteiger partial charge in [-0.3, -0.25) is 9.59 Å². The van der Waals surface area contributed by atoms with Gasteiger partial charge in [-0.25, -0.2) is 4.79 Å². The number of likely N-dealkylation sites (tertiary alicyclic amines) is 1. The predicted octanol–water partition coefficient (Wildman–Crippen LogP) is 1.51. The summed E-state index contributed by atoms with van der Waals surface area (Å²) in [5.41, 5.74) is -1.24. The van der Waals surface area contributed by atoms with Crippen LogP contribution in [0.3, 0.4) is 0 Å². The third-order valence-corrected chi connectivity index (χ3v) is 4.68. The van der Waals surface area contributed by atoms with Gasteiger partial charge in [0.05, 0.1) is 12.1 Å². The van der Waals surface area contributed by atoms with Gasteiger partial charge in [0, 0.05) is 26.2 Å². The second-order valence-electron chi connectivity index (χ2n) is 8.43. The molecular formula is C19H35N3O5. The molecule has 0 bridgehead atoms. The van der Waals surface area contributed by atoms with Crippen molar-refractivity contribution >= 4 is 17.9 Å². The van der Waals surface area contributed by atoms with Crippen molar-refractivity contribution in [1.29, 1.82) is 0 Å². The molecule has 1 aliphatic rings. The van der Waals surface area contributed by atoms with Gasteiger partial charge in [-0.1, -0.05) is 13.3 Å². The van der Waals surface area contributed by atoms with Crippen molar-refractivity contribution in [3.63, 3.8) is 0 Å². The maximum Gasteiger partial charge on any atom is 0.410 e. The van der Waals surface area contributed by atoms with Gasteiger partial charge in [0.15, 0.2) is 0 Å². The van der Waals surface area contributed by atoms with Gasteiger partial charge in [0.1, 0.15) is 5.60 Å². The number of rotatable bonds is 6. The Bertz CT molecular complexity index is 546. The lowest BCUT2D eigenvalue weighted by Crippen LogP contribution is -2.56. The average molecular weight is 386 g/mol. The fraction of sp³-hybridized carbons (Fsp3) is 0.842. The zero-order chi connectivity index (χ0) is 20.8. The van der Waals surface area contributed by atoms with E-state index in [-0.39, 0.29) is 13.2 Å². The Morgan fingerprint density at radius 2 is 1.96 bits per heavy atom. The maximum absolute atomic E-state index is 12.6. The number of nitrogens with zero attached hydrogens (tertiary/aromatic N) is 2. The molecular weight excluding hydrogens is 350 g/mol. The standard InChI is InChI=1S/C19H35N3O5/c1-7-9-19(13-23)10-8-11-22(19)16(25)15(24)20-14(2)12-21(6)17(26)27-18(3,4)5/h14,23H,7-13H2,1-6H3,(H,20,24). The molecule has 1 rings (SSSR count). The summed E-state index contributed by atoms with van der Waals surface area (Å²) < 4.78 is 5.27. The Kier molecular flexibility index (Phi) is 8.07. The third kappa shape index (κ3) is 6.37. The lowest BCUT2D eigenvalue weighted by molar-refractivity contribution is -0.150. The van der Waals surface area contributed by atoms with E-state index in [9.17, 15) is 19.5 Å². The SMILES string of the molecule is CCCC1(CO)CCCN1C(=O)C(=O)NC(C)CN(C)C(=O)OC(C)(C)C. The van der Waals surface area contributed by atoms with Gasteiger partial charge >= 0.3 is 17.9 Å². The van der Waals surface area contributed by atoms with Crippen LogP contribution in [-0.2, 0) is 14.3 Å². The van der Waals surface area contributed by atoms with Crippen LogP contribution >= 0.6 is 0 Å². The number of ether oxygens (including phenoxy) is 1. The Labute approximate surface area is 162 Å². The number of carbonyl (C=O) groups is 3. The van der Waals surface area contributed by atoms with Gasteiger partial charge in [0.25, 0.3) is 0 Å². The second-order valence-corrected chi connectivity index (χ2v) is 8.43. The highest BCUT2D eigenvalue weighted by Gasteiger charge is 2.44. The largest absolute Gasteiger partial charge is 0.444 e. The van der Waals surface area contributed by atoms with Crippen LogP contribution in [0.15, 0.2) is 0 Å². The van der Waals surface area contributed by atoms with E-state index >= 15 is 0 Å². The minimum absolute atomic E-state index is 0.142. The molecule has 2 N–H and O–H groups in total. The lowest BCUT2D eigenvalue weighted by atomic mass is 9.91. The van der Waals surface area contributed by atoms with Crippen LogP contribution in [0, 0.1) is 0 Å². The first-order valence-electron chi connectivity index (χ1n) is 9.63. The molecule has 0 saturated carbocycles. The molecule has 156 valence electrons. The van der Waals surface area contributed by atoms with E-state index in [0.717, 1.165) is 12.8 Å². The highest BCUT2D eigenvalue weighted by atomic mass is 16.6. The van der Waals surface area contributed by atoms with E-state index < -0.39 is 35.1 Å². The van der Waals surface area contributed by atoms with E-state index in [1.165, 1.54) is 9.80 Å². The summed E-state index contributed by atoms with van der Waals surface area (Å²) in [4.78, 5) is 39.9. The van der Waals surface area contributed by atoms with Crippen molar-refractivity contribution in [3.05, 3.63) is 0 Å². The fourth-order valence-corrected chi connectivity index (χ4v) is 3.50. The fourth-order valence-electron chi connectivity index (χ4n) is 3.50. The van der Waals surface area contributed by atoms with Crippen LogP contribution in [0.25, 0.3) is 0 Å². The van der Waals surface area contributed by atoms with Crippen LogP contribution in [0.5, 0.6) is 0 Å². The maximum atomic E-state index is 12.6. The van der Waals surface area contributed by atoms with Gasteiger partial charge in [-0.05, 0) is 47.0 Å². The number of likely N-dealkylation sites (N-methyl/N-ethyl adjacent to an activating group) is 1. The number of hydrogen-bond acceptors (Lipinski definition) is 5. The van der Waals surface area contributed by atoms with Crippen LogP contribution in [-0.4, -0.2) is 76.7 Å². The molecule has 1 fully saturated rings. The number of aliphatic hydroxyl groups is 1. The first-order chi connectivity index (χ1) is 12.5. The first kappa shape index (κ1) is 23.2. The van der Waals surface area contributed by atoms with Gasteiger partial charge in [-0.2, -0.15) is 0 Å². The Morgan fingerprint density at radius 1 is 1.33 bits per heavy atom. The molecule has 0 aliphatic carbocycles. The molecule has 0 radical (unpaired) electrons. The molecule has 2 atom stereocenters. The average Bonchev–Trinajstić information content (AvgIpc) is 2.96. The van der Waals surface area contributed by atoms with Crippen molar-refractivity contribution in [1.82, 2.24) is 15.1 Å². The lowest BCUT2D eigenvalue weighted by Gasteiger charge is -2.36. The summed E-state index contributed by atoms with van der Waals surface area (Å²) in [7, 11) is 1.58. The van der Waals surface area contributed by atoms with E-state index in [0.29, 0.717) is 19.4 Å². The smallest absolute Gasteiger partial charge is 0.410 e. The van der Waals surface area contributed by atoms with E-state index in [1.54, 1.807) is 34.7 Å². The Hall–Kier alpha value is -1.83. The molecule has 8 heteroatoms. The molecule has 1 heterocycles. The summed E-state index contributed by atoms with van der Waals surface area (Å²) in [6.07, 6.45) is 2.48. The molecule has 0 aromatic heterocycles. The summed E-state index contributed by atoms with van der Waals surface area (Å²) >= 11 is 0. The topological polar surface area (TPSA) is 99.2 Å². The van der Waals surface area contributed by atoms with E-state index in [2.05, 4.69) is 5.32 Å². The van der Waals surface area contributed by atoms with Gasteiger partial charge in [-0.15, -0.1) is 0 Å². The van der Waals surface area contributed by atoms with Crippen molar-refractivity contribution in [3.8, 4) is 0 Å². The van der Waals surface area contributed by atoms with Crippen molar-refractivity contribution < 1.29 is 24.2 Å². The highest BCUT2D eigenvalue weighted by molar-refractivity contribution is 6.35. The number of hydrogen-bond donors (Lipinski definition) is 2. The van der Waals surface area contributed by atoms with Crippen LogP contribution in [0.1, 0.15) is 60.3 Å². The summed E-state index contributed by atoms with van der Waals surface area (Å²) in [6.45, 7) is 9.60. The van der Waals surface area contributed by atoms with Crippen molar-refractivity contribution in [2.75, 3.05) is 26.7 Å². The van der Waals surface area contributed by atoms with Gasteiger partial charge in [0.2, 0.25) is 0 Å². The van der Waals surface area contributed by atoms with E-state index in [4.69, 9.17) is 4.74 Å². The molecule has 0 spiro atoms. The number of carbonyl (C=O) groups excluding carboxylic acids is 3. The molecule has 3 amide bonds. The first-order valence-corrected chi connectivity index (χ1v) is 9.63. The minimum Gasteiger partial charge on any atom is -0.444 e. The van der Waals surface area contributed by atoms with Gasteiger partial charge < -0.3 is 25.0 Å². The zero-order valence-corrected chi connectivity index (χ0v) is 17.5. The van der Waals surface area contributed by atoms with Crippen molar-refractivity contribution in [2.45, 2.75) is 77.5 Å². The molecule has 8 nitrogen and oxygen atoms in total.